The molecule has 3 aromatic rings. The topological polar surface area (TPSA) is 76.8 Å². The van der Waals surface area contributed by atoms with Gasteiger partial charge in [-0.05, 0) is 55.8 Å². The van der Waals surface area contributed by atoms with Crippen molar-refractivity contribution in [3.05, 3.63) is 89.4 Å². The lowest BCUT2D eigenvalue weighted by atomic mass is 10.1. The Morgan fingerprint density at radius 1 is 1.00 bits per heavy atom. The van der Waals surface area contributed by atoms with Gasteiger partial charge in [0.15, 0.2) is 0 Å². The van der Waals surface area contributed by atoms with Gasteiger partial charge in [0.25, 0.3) is 5.91 Å². The largest absolute Gasteiger partial charge is 0.467 e. The van der Waals surface area contributed by atoms with Crippen LogP contribution in [0.25, 0.3) is 0 Å². The van der Waals surface area contributed by atoms with Gasteiger partial charge in [0.1, 0.15) is 11.5 Å². The Morgan fingerprint density at radius 3 is 2.28 bits per heavy atom. The van der Waals surface area contributed by atoms with Crippen LogP contribution < -0.4 is 4.18 Å². The number of furan rings is 1. The molecule has 0 bridgehead atoms. The smallest absolute Gasteiger partial charge is 0.308 e. The zero-order valence-corrected chi connectivity index (χ0v) is 17.2. The molecule has 29 heavy (non-hydrogen) atoms. The van der Waals surface area contributed by atoms with Crippen LogP contribution in [0.15, 0.2) is 71.3 Å². The van der Waals surface area contributed by atoms with E-state index in [2.05, 4.69) is 0 Å². The third-order valence-corrected chi connectivity index (χ3v) is 5.54. The van der Waals surface area contributed by atoms with E-state index in [-0.39, 0.29) is 17.4 Å². The fraction of sp³-hybridized carbons (Fsp3) is 0.227. The monoisotopic (exact) mass is 413 g/mol. The van der Waals surface area contributed by atoms with Crippen LogP contribution in [0.5, 0.6) is 5.75 Å². The summed E-state index contributed by atoms with van der Waals surface area (Å²) in [7, 11) is -3.57. The average molecular weight is 413 g/mol. The van der Waals surface area contributed by atoms with Gasteiger partial charge in [0, 0.05) is 12.1 Å². The third kappa shape index (κ3) is 5.71. The Balaban J connectivity index is 1.79. The van der Waals surface area contributed by atoms with Gasteiger partial charge in [-0.3, -0.25) is 4.79 Å². The molecule has 0 atom stereocenters. The SMILES string of the molecule is CCS(=O)(=O)Oc1ccc(CN(Cc2ccco2)C(=O)c2ccc(C)cc2)cc1. The molecule has 3 rings (SSSR count). The first kappa shape index (κ1) is 20.7. The van der Waals surface area contributed by atoms with E-state index >= 15 is 0 Å². The van der Waals surface area contributed by atoms with Crippen molar-refractivity contribution in [3.8, 4) is 5.75 Å². The molecule has 0 aliphatic heterocycles. The van der Waals surface area contributed by atoms with Crippen LogP contribution in [0.4, 0.5) is 0 Å². The molecule has 0 unspecified atom stereocenters. The Morgan fingerprint density at radius 2 is 1.69 bits per heavy atom. The summed E-state index contributed by atoms with van der Waals surface area (Å²) in [5.74, 6) is 0.712. The minimum absolute atomic E-state index is 0.100. The van der Waals surface area contributed by atoms with Crippen molar-refractivity contribution >= 4 is 16.0 Å². The number of aryl methyl sites for hydroxylation is 1. The molecule has 1 aromatic heterocycles. The maximum atomic E-state index is 13.1. The summed E-state index contributed by atoms with van der Waals surface area (Å²) in [6, 6.07) is 17.7. The van der Waals surface area contributed by atoms with Crippen molar-refractivity contribution in [1.82, 2.24) is 4.90 Å². The van der Waals surface area contributed by atoms with Gasteiger partial charge in [-0.1, -0.05) is 29.8 Å². The summed E-state index contributed by atoms with van der Waals surface area (Å²) < 4.78 is 33.6. The highest BCUT2D eigenvalue weighted by molar-refractivity contribution is 7.87. The molecule has 0 aliphatic rings. The number of hydrogen-bond acceptors (Lipinski definition) is 5. The molecular formula is C22H23NO5S. The molecule has 0 saturated heterocycles. The molecule has 1 amide bonds. The molecule has 0 N–H and O–H groups in total. The second-order valence-electron chi connectivity index (χ2n) is 6.68. The van der Waals surface area contributed by atoms with Gasteiger partial charge >= 0.3 is 10.1 Å². The van der Waals surface area contributed by atoms with Gasteiger partial charge in [-0.25, -0.2) is 0 Å². The quantitative estimate of drug-likeness (QED) is 0.518. The average Bonchev–Trinajstić information content (AvgIpc) is 3.22. The molecule has 0 spiro atoms. The van der Waals surface area contributed by atoms with E-state index in [0.29, 0.717) is 24.4 Å². The lowest BCUT2D eigenvalue weighted by Crippen LogP contribution is -2.30. The van der Waals surface area contributed by atoms with Crippen LogP contribution in [0, 0.1) is 6.92 Å². The van der Waals surface area contributed by atoms with Crippen LogP contribution in [-0.2, 0) is 23.2 Å². The van der Waals surface area contributed by atoms with Crippen molar-refractivity contribution in [1.29, 1.82) is 0 Å². The van der Waals surface area contributed by atoms with Gasteiger partial charge in [-0.2, -0.15) is 8.42 Å². The van der Waals surface area contributed by atoms with Gasteiger partial charge in [0.05, 0.1) is 18.6 Å². The van der Waals surface area contributed by atoms with E-state index in [0.717, 1.165) is 11.1 Å². The standard InChI is InChI=1S/C22H23NO5S/c1-3-29(25,26)28-20-12-8-18(9-13-20)15-23(16-21-5-4-14-27-21)22(24)19-10-6-17(2)7-11-19/h4-14H,3,15-16H2,1-2H3. The Kier molecular flexibility index (Phi) is 6.39. The highest BCUT2D eigenvalue weighted by Gasteiger charge is 2.18. The van der Waals surface area contributed by atoms with Crippen LogP contribution in [0.1, 0.15) is 34.2 Å². The summed E-state index contributed by atoms with van der Waals surface area (Å²) >= 11 is 0. The molecule has 0 radical (unpaired) electrons. The van der Waals surface area contributed by atoms with Crippen molar-refractivity contribution in [2.45, 2.75) is 26.9 Å². The molecule has 0 saturated carbocycles. The Hall–Kier alpha value is -3.06. The normalized spacial score (nSPS) is 11.2. The fourth-order valence-corrected chi connectivity index (χ4v) is 3.27. The summed E-state index contributed by atoms with van der Waals surface area (Å²) in [6.45, 7) is 4.15. The number of hydrogen-bond donors (Lipinski definition) is 0. The lowest BCUT2D eigenvalue weighted by molar-refractivity contribution is 0.0717. The minimum Gasteiger partial charge on any atom is -0.467 e. The fourth-order valence-electron chi connectivity index (χ4n) is 2.75. The summed E-state index contributed by atoms with van der Waals surface area (Å²) in [6.07, 6.45) is 1.57. The first-order chi connectivity index (χ1) is 13.9. The van der Waals surface area contributed by atoms with E-state index in [9.17, 15) is 13.2 Å². The number of rotatable bonds is 8. The number of benzene rings is 2. The molecule has 0 aliphatic carbocycles. The zero-order chi connectivity index (χ0) is 20.9. The van der Waals surface area contributed by atoms with Gasteiger partial charge in [0.2, 0.25) is 0 Å². The Bertz CT molecular complexity index is 1040. The van der Waals surface area contributed by atoms with Crippen molar-refractivity contribution in [2.75, 3.05) is 5.75 Å². The second kappa shape index (κ2) is 8.96. The summed E-state index contributed by atoms with van der Waals surface area (Å²) in [4.78, 5) is 14.7. The van der Waals surface area contributed by atoms with Crippen molar-refractivity contribution in [3.63, 3.8) is 0 Å². The molecule has 2 aromatic carbocycles. The van der Waals surface area contributed by atoms with Crippen LogP contribution in [0.2, 0.25) is 0 Å². The minimum atomic E-state index is -3.57. The maximum absolute atomic E-state index is 13.1. The number of amides is 1. The first-order valence-electron chi connectivity index (χ1n) is 9.26. The van der Waals surface area contributed by atoms with E-state index in [1.165, 1.54) is 6.92 Å². The molecule has 0 fully saturated rings. The summed E-state index contributed by atoms with van der Waals surface area (Å²) in [5, 5.41) is 0. The van der Waals surface area contributed by atoms with Crippen LogP contribution in [-0.4, -0.2) is 25.0 Å². The summed E-state index contributed by atoms with van der Waals surface area (Å²) in [5.41, 5.74) is 2.52. The molecular weight excluding hydrogens is 390 g/mol. The number of carbonyl (C=O) groups excluding carboxylic acids is 1. The maximum Gasteiger partial charge on any atom is 0.308 e. The highest BCUT2D eigenvalue weighted by atomic mass is 32.2. The molecule has 7 heteroatoms. The first-order valence-corrected chi connectivity index (χ1v) is 10.8. The van der Waals surface area contributed by atoms with E-state index in [4.69, 9.17) is 8.60 Å². The molecule has 152 valence electrons. The highest BCUT2D eigenvalue weighted by Crippen LogP contribution is 2.19. The van der Waals surface area contributed by atoms with Crippen molar-refractivity contribution < 1.29 is 21.8 Å². The van der Waals surface area contributed by atoms with Crippen LogP contribution >= 0.6 is 0 Å². The van der Waals surface area contributed by atoms with Crippen molar-refractivity contribution in [2.24, 2.45) is 0 Å². The van der Waals surface area contributed by atoms with Gasteiger partial charge in [-0.15, -0.1) is 0 Å². The number of nitrogens with zero attached hydrogens (tertiary/aromatic N) is 1. The van der Waals surface area contributed by atoms with E-state index < -0.39 is 10.1 Å². The predicted octanol–water partition coefficient (Wildman–Crippen LogP) is 4.16. The van der Waals surface area contributed by atoms with Crippen LogP contribution in [0.3, 0.4) is 0 Å². The third-order valence-electron chi connectivity index (χ3n) is 4.39. The molecule has 1 heterocycles. The molecule has 6 nitrogen and oxygen atoms in total. The van der Waals surface area contributed by atoms with Gasteiger partial charge < -0.3 is 13.5 Å². The second-order valence-corrected chi connectivity index (χ2v) is 8.54. The predicted molar refractivity (Wildman–Crippen MR) is 110 cm³/mol. The number of carbonyl (C=O) groups is 1. The zero-order valence-electron chi connectivity index (χ0n) is 16.4. The Labute approximate surface area is 170 Å². The lowest BCUT2D eigenvalue weighted by Gasteiger charge is -2.22. The van der Waals surface area contributed by atoms with E-state index in [1.807, 2.05) is 25.1 Å². The van der Waals surface area contributed by atoms with E-state index in [1.54, 1.807) is 53.6 Å².